The zero-order valence-corrected chi connectivity index (χ0v) is 6.18. The van der Waals surface area contributed by atoms with Crippen LogP contribution in [0.25, 0.3) is 0 Å². The first kappa shape index (κ1) is 7.30. The molecule has 4 nitrogen and oxygen atoms in total. The van der Waals surface area contributed by atoms with Gasteiger partial charge < -0.3 is 4.42 Å². The summed E-state index contributed by atoms with van der Waals surface area (Å²) in [5.74, 6) is 0. The first-order valence-electron chi connectivity index (χ1n) is 2.62. The molecule has 10 heavy (non-hydrogen) atoms. The number of furan rings is 1. The molecular weight excluding hydrogens is 154 g/mol. The lowest BCUT2D eigenvalue weighted by molar-refractivity contribution is 0.554. The van der Waals surface area contributed by atoms with Crippen molar-refractivity contribution in [2.75, 3.05) is 7.05 Å². The molecule has 0 atom stereocenters. The fraction of sp³-hybridized carbons (Fsp3) is 0.200. The zero-order chi connectivity index (χ0) is 7.61. The Hall–Kier alpha value is -0.810. The Kier molecular flexibility index (Phi) is 1.78. The Morgan fingerprint density at radius 3 is 2.70 bits per heavy atom. The highest BCUT2D eigenvalue weighted by atomic mass is 32.2. The highest BCUT2D eigenvalue weighted by Gasteiger charge is 2.10. The summed E-state index contributed by atoms with van der Waals surface area (Å²) >= 11 is 0. The zero-order valence-electron chi connectivity index (χ0n) is 5.37. The molecule has 1 aromatic rings. The summed E-state index contributed by atoms with van der Waals surface area (Å²) < 4.78 is 28.5. The molecule has 5 heteroatoms. The van der Waals surface area contributed by atoms with Crippen molar-refractivity contribution in [2.24, 2.45) is 0 Å². The molecule has 0 saturated carbocycles. The molecule has 1 N–H and O–H groups in total. The van der Waals surface area contributed by atoms with Crippen LogP contribution in [0, 0.1) is 0 Å². The average Bonchev–Trinajstić information content (AvgIpc) is 2.38. The van der Waals surface area contributed by atoms with Gasteiger partial charge in [0.15, 0.2) is 0 Å². The number of hydrogen-bond acceptors (Lipinski definition) is 3. The van der Waals surface area contributed by atoms with Gasteiger partial charge in [-0.25, -0.2) is 13.1 Å². The molecule has 0 aromatic carbocycles. The summed E-state index contributed by atoms with van der Waals surface area (Å²) in [6.45, 7) is 0. The Bertz CT molecular complexity index is 287. The standard InChI is InChI=1S/C5H7NO3S/c1-6-10(7,8)5-2-3-9-4-5/h2-4,6H,1H3. The van der Waals surface area contributed by atoms with Gasteiger partial charge in [-0.05, 0) is 13.1 Å². The van der Waals surface area contributed by atoms with Gasteiger partial charge in [0, 0.05) is 0 Å². The van der Waals surface area contributed by atoms with Crippen molar-refractivity contribution in [1.82, 2.24) is 4.72 Å². The summed E-state index contributed by atoms with van der Waals surface area (Å²) in [6.07, 6.45) is 2.48. The highest BCUT2D eigenvalue weighted by Crippen LogP contribution is 2.06. The molecule has 1 aromatic heterocycles. The second kappa shape index (κ2) is 2.43. The third kappa shape index (κ3) is 1.19. The van der Waals surface area contributed by atoms with Crippen LogP contribution in [-0.4, -0.2) is 15.5 Å². The average molecular weight is 161 g/mol. The van der Waals surface area contributed by atoms with Gasteiger partial charge in [-0.1, -0.05) is 0 Å². The van der Waals surface area contributed by atoms with E-state index in [2.05, 4.69) is 9.14 Å². The van der Waals surface area contributed by atoms with Crippen LogP contribution in [0.3, 0.4) is 0 Å². The van der Waals surface area contributed by atoms with E-state index in [0.29, 0.717) is 0 Å². The lowest BCUT2D eigenvalue weighted by Crippen LogP contribution is -2.17. The van der Waals surface area contributed by atoms with E-state index in [9.17, 15) is 8.42 Å². The van der Waals surface area contributed by atoms with Crippen LogP contribution in [0.2, 0.25) is 0 Å². The minimum Gasteiger partial charge on any atom is -0.471 e. The van der Waals surface area contributed by atoms with Gasteiger partial charge in [-0.2, -0.15) is 0 Å². The second-order valence-corrected chi connectivity index (χ2v) is 3.55. The Morgan fingerprint density at radius 1 is 1.60 bits per heavy atom. The fourth-order valence-electron chi connectivity index (χ4n) is 0.523. The molecule has 0 spiro atoms. The molecule has 0 aliphatic heterocycles. The van der Waals surface area contributed by atoms with Crippen molar-refractivity contribution in [2.45, 2.75) is 4.90 Å². The van der Waals surface area contributed by atoms with Crippen LogP contribution >= 0.6 is 0 Å². The molecule has 0 bridgehead atoms. The van der Waals surface area contributed by atoms with E-state index in [1.165, 1.54) is 25.6 Å². The van der Waals surface area contributed by atoms with Crippen molar-refractivity contribution in [3.8, 4) is 0 Å². The van der Waals surface area contributed by atoms with E-state index in [0.717, 1.165) is 0 Å². The topological polar surface area (TPSA) is 59.3 Å². The largest absolute Gasteiger partial charge is 0.471 e. The Morgan fingerprint density at radius 2 is 2.30 bits per heavy atom. The summed E-state index contributed by atoms with van der Waals surface area (Å²) in [5.41, 5.74) is 0. The van der Waals surface area contributed by atoms with E-state index in [-0.39, 0.29) is 4.90 Å². The molecule has 56 valence electrons. The first-order chi connectivity index (χ1) is 4.67. The third-order valence-electron chi connectivity index (χ3n) is 1.07. The summed E-state index contributed by atoms with van der Waals surface area (Å²) in [7, 11) is -1.95. The van der Waals surface area contributed by atoms with Crippen LogP contribution in [0.5, 0.6) is 0 Å². The first-order valence-corrected chi connectivity index (χ1v) is 4.11. The van der Waals surface area contributed by atoms with Gasteiger partial charge in [-0.3, -0.25) is 0 Å². The monoisotopic (exact) mass is 161 g/mol. The van der Waals surface area contributed by atoms with E-state index in [1.54, 1.807) is 0 Å². The molecule has 1 rings (SSSR count). The normalized spacial score (nSPS) is 11.7. The summed E-state index contributed by atoms with van der Waals surface area (Å²) in [6, 6.07) is 1.38. The number of rotatable bonds is 2. The van der Waals surface area contributed by atoms with Crippen molar-refractivity contribution in [1.29, 1.82) is 0 Å². The van der Waals surface area contributed by atoms with Gasteiger partial charge in [0.25, 0.3) is 0 Å². The smallest absolute Gasteiger partial charge is 0.243 e. The van der Waals surface area contributed by atoms with E-state index in [4.69, 9.17) is 0 Å². The summed E-state index contributed by atoms with van der Waals surface area (Å²) in [5, 5.41) is 0. The van der Waals surface area contributed by atoms with Crippen molar-refractivity contribution < 1.29 is 12.8 Å². The van der Waals surface area contributed by atoms with Crippen LogP contribution in [0.15, 0.2) is 27.9 Å². The highest BCUT2D eigenvalue weighted by molar-refractivity contribution is 7.89. The molecule has 0 saturated heterocycles. The van der Waals surface area contributed by atoms with E-state index >= 15 is 0 Å². The minimum atomic E-state index is -3.30. The molecule has 1 heterocycles. The Balaban J connectivity index is 3.09. The van der Waals surface area contributed by atoms with Crippen molar-refractivity contribution in [3.63, 3.8) is 0 Å². The third-order valence-corrected chi connectivity index (χ3v) is 2.46. The lowest BCUT2D eigenvalue weighted by atomic mass is 10.7. The van der Waals surface area contributed by atoms with Crippen molar-refractivity contribution >= 4 is 10.0 Å². The van der Waals surface area contributed by atoms with Crippen LogP contribution < -0.4 is 4.72 Å². The molecule has 0 radical (unpaired) electrons. The maximum Gasteiger partial charge on any atom is 0.243 e. The van der Waals surface area contributed by atoms with E-state index in [1.807, 2.05) is 0 Å². The van der Waals surface area contributed by atoms with Gasteiger partial charge in [-0.15, -0.1) is 0 Å². The predicted octanol–water partition coefficient (Wildman–Crippen LogP) is 0.188. The minimum absolute atomic E-state index is 0.148. The molecule has 0 aliphatic rings. The van der Waals surface area contributed by atoms with Gasteiger partial charge >= 0.3 is 0 Å². The van der Waals surface area contributed by atoms with Crippen LogP contribution in [0.1, 0.15) is 0 Å². The van der Waals surface area contributed by atoms with Gasteiger partial charge in [0.2, 0.25) is 10.0 Å². The van der Waals surface area contributed by atoms with Crippen LogP contribution in [-0.2, 0) is 10.0 Å². The number of hydrogen-bond donors (Lipinski definition) is 1. The van der Waals surface area contributed by atoms with Gasteiger partial charge in [0.05, 0.1) is 6.26 Å². The molecule has 0 fully saturated rings. The molecular formula is C5H7NO3S. The maximum atomic E-state index is 10.9. The predicted molar refractivity (Wildman–Crippen MR) is 35.0 cm³/mol. The van der Waals surface area contributed by atoms with E-state index < -0.39 is 10.0 Å². The lowest BCUT2D eigenvalue weighted by Gasteiger charge is -1.94. The number of sulfonamides is 1. The van der Waals surface area contributed by atoms with Crippen LogP contribution in [0.4, 0.5) is 0 Å². The quantitative estimate of drug-likeness (QED) is 0.673. The number of nitrogens with one attached hydrogen (secondary N) is 1. The molecule has 0 aliphatic carbocycles. The maximum absolute atomic E-state index is 10.9. The molecule has 0 unspecified atom stereocenters. The SMILES string of the molecule is CNS(=O)(=O)c1ccoc1. The van der Waals surface area contributed by atoms with Gasteiger partial charge in [0.1, 0.15) is 11.2 Å². The second-order valence-electron chi connectivity index (χ2n) is 1.67. The molecule has 0 amide bonds. The Labute approximate surface area is 58.9 Å². The fourth-order valence-corrected chi connectivity index (χ4v) is 1.18. The van der Waals surface area contributed by atoms with Crippen molar-refractivity contribution in [3.05, 3.63) is 18.6 Å². The summed E-state index contributed by atoms with van der Waals surface area (Å²) in [4.78, 5) is 0.148.